The van der Waals surface area contributed by atoms with Crippen molar-refractivity contribution in [2.75, 3.05) is 13.1 Å². The first kappa shape index (κ1) is 22.3. The van der Waals surface area contributed by atoms with Gasteiger partial charge >= 0.3 is 11.9 Å². The van der Waals surface area contributed by atoms with E-state index in [9.17, 15) is 19.2 Å². The molecule has 0 aliphatic heterocycles. The van der Waals surface area contributed by atoms with Gasteiger partial charge < -0.3 is 30.8 Å². The van der Waals surface area contributed by atoms with Crippen molar-refractivity contribution in [1.29, 1.82) is 0 Å². The first-order valence-electron chi connectivity index (χ1n) is 8.28. The quantitative estimate of drug-likeness (QED) is 0.279. The number of nitrogens with one attached hydrogen (secondary N) is 4. The molecule has 0 aliphatic carbocycles. The lowest BCUT2D eigenvalue weighted by Crippen LogP contribution is -2.33. The van der Waals surface area contributed by atoms with Crippen LogP contribution >= 0.6 is 0 Å². The molecule has 2 amide bonds. The number of H-pyrrole nitrogens is 2. The number of hydrogen-bond donors (Lipinski definition) is 6. The summed E-state index contributed by atoms with van der Waals surface area (Å²) in [6.45, 7) is 0.949. The Kier molecular flexibility index (Phi) is 10.1. The number of hydrogen-bond acceptors (Lipinski definition) is 6. The number of aromatic amines is 2. The zero-order valence-electron chi connectivity index (χ0n) is 15.0. The van der Waals surface area contributed by atoms with E-state index in [1.807, 2.05) is 0 Å². The van der Waals surface area contributed by atoms with Gasteiger partial charge in [0.15, 0.2) is 0 Å². The third kappa shape index (κ3) is 11.0. The van der Waals surface area contributed by atoms with E-state index in [1.54, 1.807) is 25.0 Å². The van der Waals surface area contributed by atoms with Crippen LogP contribution in [0.5, 0.6) is 0 Å². The van der Waals surface area contributed by atoms with E-state index < -0.39 is 18.4 Å². The van der Waals surface area contributed by atoms with Crippen molar-refractivity contribution in [3.63, 3.8) is 0 Å². The predicted octanol–water partition coefficient (Wildman–Crippen LogP) is -0.914. The number of aliphatic carboxylic acids is 2. The maximum atomic E-state index is 11.6. The molecule has 6 N–H and O–H groups in total. The van der Waals surface area contributed by atoms with Crippen molar-refractivity contribution < 1.29 is 29.4 Å². The van der Waals surface area contributed by atoms with E-state index in [2.05, 4.69) is 30.6 Å². The summed E-state index contributed by atoms with van der Waals surface area (Å²) in [4.78, 5) is 55.6. The summed E-state index contributed by atoms with van der Waals surface area (Å²) in [5.41, 5.74) is 1.89. The summed E-state index contributed by atoms with van der Waals surface area (Å²) < 4.78 is 0. The van der Waals surface area contributed by atoms with Crippen LogP contribution in [0.4, 0.5) is 0 Å². The number of carboxylic acid groups (broad SMARTS) is 2. The molecule has 0 radical (unpaired) electrons. The average Bonchev–Trinajstić information content (AvgIpc) is 3.27. The van der Waals surface area contributed by atoms with Crippen LogP contribution in [0.1, 0.15) is 24.2 Å². The van der Waals surface area contributed by atoms with Crippen molar-refractivity contribution in [3.8, 4) is 0 Å². The van der Waals surface area contributed by atoms with Crippen molar-refractivity contribution in [3.05, 3.63) is 36.4 Å². The fourth-order valence-electron chi connectivity index (χ4n) is 1.92. The molecule has 0 saturated carbocycles. The molecule has 0 spiro atoms. The molecule has 0 saturated heterocycles. The van der Waals surface area contributed by atoms with Gasteiger partial charge in [-0.05, 0) is 0 Å². The summed E-state index contributed by atoms with van der Waals surface area (Å²) in [5.74, 6) is -3.19. The highest BCUT2D eigenvalue weighted by molar-refractivity contribution is 5.96. The van der Waals surface area contributed by atoms with E-state index in [-0.39, 0.29) is 18.2 Å². The Labute approximate surface area is 159 Å². The van der Waals surface area contributed by atoms with Gasteiger partial charge in [-0.15, -0.1) is 0 Å². The number of carbonyl (C=O) groups excluding carboxylic acids is 2. The fourth-order valence-corrected chi connectivity index (χ4v) is 1.92. The van der Waals surface area contributed by atoms with Crippen molar-refractivity contribution in [1.82, 2.24) is 30.6 Å². The SMILES string of the molecule is O=C(CC(=O)NCCc1cnc[nH]1)NCCc1cnc[nH]1.O=C(O)CC(=O)O. The largest absolute Gasteiger partial charge is 0.481 e. The Balaban J connectivity index is 0.000000480. The van der Waals surface area contributed by atoms with E-state index in [0.29, 0.717) is 25.9 Å². The second-order valence-corrected chi connectivity index (χ2v) is 5.49. The van der Waals surface area contributed by atoms with E-state index >= 15 is 0 Å². The Bertz CT molecular complexity index is 682. The van der Waals surface area contributed by atoms with Crippen molar-refractivity contribution in [2.24, 2.45) is 0 Å². The third-order valence-electron chi connectivity index (χ3n) is 3.17. The van der Waals surface area contributed by atoms with Gasteiger partial charge in [0.25, 0.3) is 0 Å². The molecule has 12 nitrogen and oxygen atoms in total. The lowest BCUT2D eigenvalue weighted by atomic mass is 10.3. The predicted molar refractivity (Wildman–Crippen MR) is 95.1 cm³/mol. The summed E-state index contributed by atoms with van der Waals surface area (Å²) in [5, 5.41) is 20.8. The van der Waals surface area contributed by atoms with Crippen LogP contribution in [0.15, 0.2) is 25.0 Å². The zero-order valence-corrected chi connectivity index (χ0v) is 15.0. The summed E-state index contributed by atoms with van der Waals surface area (Å²) in [6, 6.07) is 0. The molecule has 12 heteroatoms. The Morgan fingerprint density at radius 1 is 0.786 bits per heavy atom. The van der Waals surface area contributed by atoms with Crippen LogP contribution in [0.2, 0.25) is 0 Å². The van der Waals surface area contributed by atoms with Crippen molar-refractivity contribution in [2.45, 2.75) is 25.7 Å². The van der Waals surface area contributed by atoms with Gasteiger partial charge in [0.05, 0.1) is 12.7 Å². The number of carboxylic acids is 2. The minimum absolute atomic E-state index is 0.161. The second kappa shape index (κ2) is 12.6. The average molecular weight is 394 g/mol. The second-order valence-electron chi connectivity index (χ2n) is 5.49. The van der Waals surface area contributed by atoms with Crippen LogP contribution in [0.3, 0.4) is 0 Å². The lowest BCUT2D eigenvalue weighted by molar-refractivity contribution is -0.147. The number of amides is 2. The van der Waals surface area contributed by atoms with Crippen LogP contribution in [0, 0.1) is 0 Å². The third-order valence-corrected chi connectivity index (χ3v) is 3.17. The molecule has 2 rings (SSSR count). The van der Waals surface area contributed by atoms with Crippen LogP contribution in [-0.4, -0.2) is 67.0 Å². The molecule has 0 atom stereocenters. The highest BCUT2D eigenvalue weighted by Gasteiger charge is 2.08. The maximum absolute atomic E-state index is 11.6. The van der Waals surface area contributed by atoms with Gasteiger partial charge in [-0.1, -0.05) is 0 Å². The fraction of sp³-hybridized carbons (Fsp3) is 0.375. The summed E-state index contributed by atoms with van der Waals surface area (Å²) in [6.07, 6.45) is 6.93. The molecule has 0 bridgehead atoms. The molecule has 2 aromatic heterocycles. The highest BCUT2D eigenvalue weighted by Crippen LogP contribution is 1.92. The Morgan fingerprint density at radius 2 is 1.21 bits per heavy atom. The van der Waals surface area contributed by atoms with Crippen LogP contribution in [-0.2, 0) is 32.0 Å². The summed E-state index contributed by atoms with van der Waals surface area (Å²) in [7, 11) is 0. The maximum Gasteiger partial charge on any atom is 0.314 e. The number of aromatic nitrogens is 4. The Hall–Kier alpha value is -3.70. The van der Waals surface area contributed by atoms with E-state index in [0.717, 1.165) is 11.4 Å². The lowest BCUT2D eigenvalue weighted by Gasteiger charge is -2.05. The molecule has 0 fully saturated rings. The van der Waals surface area contributed by atoms with E-state index in [4.69, 9.17) is 10.2 Å². The molecular weight excluding hydrogens is 372 g/mol. The standard InChI is InChI=1S/C13H18N6O2.C3H4O4/c20-12(16-3-1-10-6-14-8-18-10)5-13(21)17-4-2-11-7-15-9-19-11;4-2(5)1-3(6)7/h6-9H,1-5H2,(H,14,18)(H,15,19)(H,16,20)(H,17,21);1H2,(H,4,5)(H,6,7). The molecule has 0 unspecified atom stereocenters. The number of nitrogens with zero attached hydrogens (tertiary/aromatic N) is 2. The molecule has 2 aromatic rings. The normalized spacial score (nSPS) is 9.71. The van der Waals surface area contributed by atoms with E-state index in [1.165, 1.54) is 0 Å². The number of rotatable bonds is 10. The first-order valence-corrected chi connectivity index (χ1v) is 8.28. The minimum Gasteiger partial charge on any atom is -0.481 e. The smallest absolute Gasteiger partial charge is 0.314 e. The topological polar surface area (TPSA) is 190 Å². The minimum atomic E-state index is -1.31. The molecule has 28 heavy (non-hydrogen) atoms. The van der Waals surface area contributed by atoms with Gasteiger partial charge in [-0.3, -0.25) is 19.2 Å². The van der Waals surface area contributed by atoms with Gasteiger partial charge in [0.1, 0.15) is 12.8 Å². The summed E-state index contributed by atoms with van der Waals surface area (Å²) >= 11 is 0. The molecule has 0 aromatic carbocycles. The Morgan fingerprint density at radius 3 is 1.50 bits per heavy atom. The van der Waals surface area contributed by atoms with Gasteiger partial charge in [0, 0.05) is 49.7 Å². The molecular formula is C16H22N6O6. The monoisotopic (exact) mass is 394 g/mol. The number of imidazole rings is 2. The van der Waals surface area contributed by atoms with Gasteiger partial charge in [0.2, 0.25) is 11.8 Å². The van der Waals surface area contributed by atoms with Crippen LogP contribution < -0.4 is 10.6 Å². The first-order chi connectivity index (χ1) is 13.4. The number of carbonyl (C=O) groups is 4. The van der Waals surface area contributed by atoms with Gasteiger partial charge in [-0.25, -0.2) is 9.97 Å². The van der Waals surface area contributed by atoms with Crippen LogP contribution in [0.25, 0.3) is 0 Å². The molecule has 0 aliphatic rings. The molecule has 152 valence electrons. The highest BCUT2D eigenvalue weighted by atomic mass is 16.4. The van der Waals surface area contributed by atoms with Crippen molar-refractivity contribution >= 4 is 23.8 Å². The van der Waals surface area contributed by atoms with Gasteiger partial charge in [-0.2, -0.15) is 0 Å². The zero-order chi connectivity index (χ0) is 20.8. The molecule has 2 heterocycles.